The first-order valence-corrected chi connectivity index (χ1v) is 14.9. The van der Waals surface area contributed by atoms with Gasteiger partial charge in [0.05, 0.1) is 5.60 Å². The average molecular weight is 557 g/mol. The molecule has 2 N–H and O–H groups in total. The number of carbonyl (C=O) groups is 1. The number of rotatable bonds is 15. The van der Waals surface area contributed by atoms with Gasteiger partial charge in [-0.1, -0.05) is 44.2 Å². The maximum absolute atomic E-state index is 15.4. The Hall–Kier alpha value is -2.48. The number of methoxy groups -OCH3 is 1. The van der Waals surface area contributed by atoms with Crippen LogP contribution in [0.4, 0.5) is 4.39 Å². The van der Waals surface area contributed by atoms with Crippen LogP contribution in [0, 0.1) is 30.5 Å². The highest BCUT2D eigenvalue weighted by Gasteiger charge is 2.43. The van der Waals surface area contributed by atoms with Gasteiger partial charge in [0, 0.05) is 44.7 Å². The van der Waals surface area contributed by atoms with E-state index >= 15 is 4.39 Å². The van der Waals surface area contributed by atoms with E-state index in [-0.39, 0.29) is 23.5 Å². The quantitative estimate of drug-likeness (QED) is 0.247. The van der Waals surface area contributed by atoms with Crippen LogP contribution in [0.25, 0.3) is 0 Å². The normalized spacial score (nSPS) is 18.0. The third-order valence-electron chi connectivity index (χ3n) is 8.11. The molecule has 1 heterocycles. The van der Waals surface area contributed by atoms with Crippen molar-refractivity contribution in [2.75, 3.05) is 40.4 Å². The van der Waals surface area contributed by atoms with Crippen molar-refractivity contribution in [2.45, 2.75) is 71.3 Å². The Morgan fingerprint density at radius 1 is 1.20 bits per heavy atom. The smallest absolute Gasteiger partial charge is 0.222 e. The second-order valence-electron chi connectivity index (χ2n) is 11.8. The van der Waals surface area contributed by atoms with Crippen molar-refractivity contribution in [1.29, 1.82) is 0 Å². The van der Waals surface area contributed by atoms with Crippen molar-refractivity contribution >= 4 is 5.91 Å². The van der Waals surface area contributed by atoms with Crippen molar-refractivity contribution in [3.05, 3.63) is 59.4 Å². The Bertz CT molecular complexity index is 1080. The van der Waals surface area contributed by atoms with E-state index in [4.69, 9.17) is 9.47 Å². The highest BCUT2D eigenvalue weighted by molar-refractivity contribution is 5.76. The Labute approximate surface area is 240 Å². The SMILES string of the molecule is CNC[C@@H](CC(=O)N1CCC[C@@H]([C@@](O)(CCCCOC)c2cccc(F)c2Oc2ccccc2C)C1)CC(C)C. The lowest BCUT2D eigenvalue weighted by Gasteiger charge is -2.43. The zero-order valence-electron chi connectivity index (χ0n) is 25.0. The Morgan fingerprint density at radius 2 is 1.98 bits per heavy atom. The molecule has 0 spiro atoms. The summed E-state index contributed by atoms with van der Waals surface area (Å²) < 4.78 is 26.8. The monoisotopic (exact) mass is 556 g/mol. The lowest BCUT2D eigenvalue weighted by Crippen LogP contribution is -2.48. The van der Waals surface area contributed by atoms with Gasteiger partial charge in [-0.05, 0) is 88.6 Å². The molecule has 1 fully saturated rings. The van der Waals surface area contributed by atoms with Crippen LogP contribution >= 0.6 is 0 Å². The van der Waals surface area contributed by atoms with Gasteiger partial charge < -0.3 is 24.8 Å². The number of aliphatic hydroxyl groups is 1. The number of nitrogens with one attached hydrogen (secondary N) is 1. The first-order chi connectivity index (χ1) is 19.2. The van der Waals surface area contributed by atoms with Gasteiger partial charge in [0.1, 0.15) is 5.75 Å². The number of hydrogen-bond acceptors (Lipinski definition) is 5. The van der Waals surface area contributed by atoms with Crippen molar-refractivity contribution in [1.82, 2.24) is 10.2 Å². The highest BCUT2D eigenvalue weighted by atomic mass is 19.1. The molecular weight excluding hydrogens is 507 g/mol. The summed E-state index contributed by atoms with van der Waals surface area (Å²) in [5, 5.41) is 15.7. The summed E-state index contributed by atoms with van der Waals surface area (Å²) in [6.07, 6.45) is 4.91. The van der Waals surface area contributed by atoms with Gasteiger partial charge in [0.25, 0.3) is 0 Å². The molecule has 6 nitrogen and oxygen atoms in total. The van der Waals surface area contributed by atoms with Crippen LogP contribution in [0.3, 0.4) is 0 Å². The lowest BCUT2D eigenvalue weighted by atomic mass is 9.73. The van der Waals surface area contributed by atoms with E-state index in [2.05, 4.69) is 19.2 Å². The van der Waals surface area contributed by atoms with Crippen LogP contribution in [0.15, 0.2) is 42.5 Å². The molecule has 1 amide bonds. The van der Waals surface area contributed by atoms with Gasteiger partial charge in [0.15, 0.2) is 11.6 Å². The Balaban J connectivity index is 1.92. The molecule has 0 aliphatic carbocycles. The molecule has 40 heavy (non-hydrogen) atoms. The third kappa shape index (κ3) is 8.51. The predicted molar refractivity (Wildman–Crippen MR) is 158 cm³/mol. The summed E-state index contributed by atoms with van der Waals surface area (Å²) in [7, 11) is 3.59. The van der Waals surface area contributed by atoms with E-state index in [1.165, 1.54) is 6.07 Å². The number of amides is 1. The van der Waals surface area contributed by atoms with Gasteiger partial charge >= 0.3 is 0 Å². The number of halogens is 1. The van der Waals surface area contributed by atoms with E-state index in [1.54, 1.807) is 19.2 Å². The van der Waals surface area contributed by atoms with Crippen LogP contribution in [-0.4, -0.2) is 56.3 Å². The largest absolute Gasteiger partial charge is 0.454 e. The number of nitrogens with zero attached hydrogens (tertiary/aromatic N) is 1. The molecule has 3 atom stereocenters. The summed E-state index contributed by atoms with van der Waals surface area (Å²) >= 11 is 0. The number of likely N-dealkylation sites (tertiary alicyclic amines) is 1. The van der Waals surface area contributed by atoms with Gasteiger partial charge in [-0.25, -0.2) is 4.39 Å². The van der Waals surface area contributed by atoms with E-state index in [0.717, 1.165) is 37.8 Å². The molecule has 0 aromatic heterocycles. The molecule has 0 saturated carbocycles. The minimum atomic E-state index is -1.37. The van der Waals surface area contributed by atoms with Gasteiger partial charge in [-0.2, -0.15) is 0 Å². The second kappa shape index (κ2) is 15.5. The number of hydrogen-bond donors (Lipinski definition) is 2. The molecule has 1 saturated heterocycles. The van der Waals surface area contributed by atoms with Crippen molar-refractivity contribution in [2.24, 2.45) is 17.8 Å². The average Bonchev–Trinajstić information content (AvgIpc) is 2.93. The number of para-hydroxylation sites is 2. The van der Waals surface area contributed by atoms with E-state index in [1.807, 2.05) is 43.1 Å². The summed E-state index contributed by atoms with van der Waals surface area (Å²) in [5.74, 6) is 0.755. The van der Waals surface area contributed by atoms with Gasteiger partial charge in [0.2, 0.25) is 5.91 Å². The van der Waals surface area contributed by atoms with E-state index in [0.29, 0.717) is 56.2 Å². The fourth-order valence-corrected chi connectivity index (χ4v) is 6.10. The molecule has 2 aromatic rings. The molecule has 7 heteroatoms. The third-order valence-corrected chi connectivity index (χ3v) is 8.11. The molecule has 1 aliphatic heterocycles. The standard InChI is InChI=1S/C33H49FN2O4/c1-24(2)20-26(22-35-4)21-31(37)36-18-11-13-27(23-36)33(38,17-8-9-19-39-5)28-14-10-15-29(34)32(28)40-30-16-7-6-12-25(30)3/h6-7,10,12,14-16,24,26-27,35,38H,8-9,11,13,17-23H2,1-5H3/t26-,27-,33+/m1/s1. The van der Waals surface area contributed by atoms with Crippen LogP contribution in [0.5, 0.6) is 11.5 Å². The summed E-state index contributed by atoms with van der Waals surface area (Å²) in [6, 6.07) is 12.3. The number of aryl methyl sites for hydroxylation is 1. The van der Waals surface area contributed by atoms with Gasteiger partial charge in [-0.3, -0.25) is 4.79 Å². The maximum atomic E-state index is 15.4. The number of benzene rings is 2. The molecule has 222 valence electrons. The zero-order valence-corrected chi connectivity index (χ0v) is 25.0. The first kappa shape index (κ1) is 32.0. The summed E-state index contributed by atoms with van der Waals surface area (Å²) in [4.78, 5) is 15.4. The fourth-order valence-electron chi connectivity index (χ4n) is 6.10. The second-order valence-corrected chi connectivity index (χ2v) is 11.8. The Morgan fingerprint density at radius 3 is 2.67 bits per heavy atom. The first-order valence-electron chi connectivity index (χ1n) is 14.9. The minimum absolute atomic E-state index is 0.0560. The molecule has 0 unspecified atom stereocenters. The van der Waals surface area contributed by atoms with Gasteiger partial charge in [-0.15, -0.1) is 0 Å². The maximum Gasteiger partial charge on any atom is 0.222 e. The zero-order chi connectivity index (χ0) is 29.1. The summed E-state index contributed by atoms with van der Waals surface area (Å²) in [5.41, 5.74) is -0.0394. The Kier molecular flexibility index (Phi) is 12.4. The van der Waals surface area contributed by atoms with Crippen LogP contribution < -0.4 is 10.1 Å². The number of piperidine rings is 1. The van der Waals surface area contributed by atoms with Crippen molar-refractivity contribution < 1.29 is 23.8 Å². The van der Waals surface area contributed by atoms with Crippen LogP contribution in [0.1, 0.15) is 69.9 Å². The number of unbranched alkanes of at least 4 members (excludes halogenated alkanes) is 1. The molecular formula is C33H49FN2O4. The molecule has 0 bridgehead atoms. The van der Waals surface area contributed by atoms with E-state index < -0.39 is 11.4 Å². The molecule has 1 aliphatic rings. The topological polar surface area (TPSA) is 71.0 Å². The lowest BCUT2D eigenvalue weighted by molar-refractivity contribution is -0.138. The minimum Gasteiger partial charge on any atom is -0.454 e. The molecule has 0 radical (unpaired) electrons. The number of ether oxygens (including phenoxy) is 2. The summed E-state index contributed by atoms with van der Waals surface area (Å²) in [6.45, 7) is 8.79. The highest BCUT2D eigenvalue weighted by Crippen LogP contribution is 2.45. The predicted octanol–water partition coefficient (Wildman–Crippen LogP) is 6.44. The van der Waals surface area contributed by atoms with Crippen LogP contribution in [-0.2, 0) is 15.1 Å². The van der Waals surface area contributed by atoms with Crippen molar-refractivity contribution in [3.8, 4) is 11.5 Å². The number of carbonyl (C=O) groups excluding carboxylic acids is 1. The molecule has 3 rings (SSSR count). The molecule has 2 aromatic carbocycles. The van der Waals surface area contributed by atoms with E-state index in [9.17, 15) is 9.90 Å². The van der Waals surface area contributed by atoms with Crippen molar-refractivity contribution in [3.63, 3.8) is 0 Å². The fraction of sp³-hybridized carbons (Fsp3) is 0.606. The van der Waals surface area contributed by atoms with Crippen LogP contribution in [0.2, 0.25) is 0 Å².